The lowest BCUT2D eigenvalue weighted by molar-refractivity contribution is -0.136. The van der Waals surface area contributed by atoms with Gasteiger partial charge in [0.15, 0.2) is 0 Å². The molecule has 0 radical (unpaired) electrons. The molecule has 0 unspecified atom stereocenters. The van der Waals surface area contributed by atoms with Gasteiger partial charge < -0.3 is 9.73 Å². The first-order valence-corrected chi connectivity index (χ1v) is 6.29. The van der Waals surface area contributed by atoms with Crippen LogP contribution in [0.15, 0.2) is 39.5 Å². The maximum atomic E-state index is 12.9. The van der Waals surface area contributed by atoms with Crippen molar-refractivity contribution >= 4 is 11.6 Å². The van der Waals surface area contributed by atoms with Gasteiger partial charge in [-0.2, -0.15) is 13.2 Å². The number of carbonyl (C=O) groups is 1. The Labute approximate surface area is 123 Å². The van der Waals surface area contributed by atoms with Gasteiger partial charge in [0.25, 0.3) is 5.91 Å². The molecule has 7 heteroatoms. The second kappa shape index (κ2) is 5.67. The smallest absolute Gasteiger partial charge is 0.418 e. The van der Waals surface area contributed by atoms with E-state index < -0.39 is 23.3 Å². The molecule has 0 fully saturated rings. The van der Waals surface area contributed by atoms with E-state index in [1.807, 2.05) is 0 Å². The van der Waals surface area contributed by atoms with Gasteiger partial charge in [-0.1, -0.05) is 12.1 Å². The van der Waals surface area contributed by atoms with Gasteiger partial charge >= 0.3 is 11.8 Å². The number of halogens is 3. The Morgan fingerprint density at radius 2 is 1.82 bits per heavy atom. The van der Waals surface area contributed by atoms with Gasteiger partial charge in [0.05, 0.1) is 16.8 Å². The molecule has 116 valence electrons. The summed E-state index contributed by atoms with van der Waals surface area (Å²) in [5.74, 6) is -0.720. The molecule has 1 aromatic carbocycles. The van der Waals surface area contributed by atoms with Crippen LogP contribution < -0.4 is 10.9 Å². The lowest BCUT2D eigenvalue weighted by Gasteiger charge is -2.14. The number of anilines is 1. The largest absolute Gasteiger partial charge is 0.427 e. The maximum absolute atomic E-state index is 12.9. The van der Waals surface area contributed by atoms with Crippen LogP contribution in [0, 0.1) is 13.8 Å². The fourth-order valence-corrected chi connectivity index (χ4v) is 2.12. The van der Waals surface area contributed by atoms with E-state index in [1.165, 1.54) is 26.0 Å². The number of nitrogens with one attached hydrogen (secondary N) is 1. The van der Waals surface area contributed by atoms with Crippen LogP contribution in [0.2, 0.25) is 0 Å². The SMILES string of the molecule is Cc1cc(=O)oc(C)c1C(=O)Nc1ccccc1C(F)(F)F. The number of para-hydroxylation sites is 1. The van der Waals surface area contributed by atoms with E-state index in [1.54, 1.807) is 0 Å². The highest BCUT2D eigenvalue weighted by Crippen LogP contribution is 2.34. The summed E-state index contributed by atoms with van der Waals surface area (Å²) in [6.07, 6.45) is -4.59. The van der Waals surface area contributed by atoms with Crippen LogP contribution in [0.5, 0.6) is 0 Å². The minimum Gasteiger partial charge on any atom is -0.427 e. The van der Waals surface area contributed by atoms with E-state index in [-0.39, 0.29) is 17.0 Å². The van der Waals surface area contributed by atoms with Crippen molar-refractivity contribution in [3.05, 3.63) is 63.2 Å². The fraction of sp³-hybridized carbons (Fsp3) is 0.200. The van der Waals surface area contributed by atoms with Gasteiger partial charge in [0.2, 0.25) is 0 Å². The van der Waals surface area contributed by atoms with Gasteiger partial charge in [-0.3, -0.25) is 4.79 Å². The van der Waals surface area contributed by atoms with Gasteiger partial charge in [0, 0.05) is 6.07 Å². The lowest BCUT2D eigenvalue weighted by Crippen LogP contribution is -2.19. The van der Waals surface area contributed by atoms with Crippen LogP contribution in [-0.2, 0) is 6.18 Å². The molecule has 1 N–H and O–H groups in total. The number of rotatable bonds is 2. The molecular formula is C15H12F3NO3. The predicted molar refractivity (Wildman–Crippen MR) is 73.8 cm³/mol. The molecule has 0 aliphatic heterocycles. The fourth-order valence-electron chi connectivity index (χ4n) is 2.12. The van der Waals surface area contributed by atoms with Crippen LogP contribution >= 0.6 is 0 Å². The topological polar surface area (TPSA) is 59.3 Å². The van der Waals surface area contributed by atoms with Gasteiger partial charge in [-0.05, 0) is 31.5 Å². The van der Waals surface area contributed by atoms with Crippen LogP contribution in [-0.4, -0.2) is 5.91 Å². The van der Waals surface area contributed by atoms with E-state index >= 15 is 0 Å². The quantitative estimate of drug-likeness (QED) is 0.923. The highest BCUT2D eigenvalue weighted by molar-refractivity contribution is 6.06. The number of hydrogen-bond donors (Lipinski definition) is 1. The molecule has 1 heterocycles. The molecule has 4 nitrogen and oxygen atoms in total. The summed E-state index contributed by atoms with van der Waals surface area (Å²) < 4.78 is 43.5. The van der Waals surface area contributed by atoms with Crippen molar-refractivity contribution in [2.24, 2.45) is 0 Å². The van der Waals surface area contributed by atoms with E-state index in [4.69, 9.17) is 4.42 Å². The van der Waals surface area contributed by atoms with Crippen LogP contribution in [0.25, 0.3) is 0 Å². The maximum Gasteiger partial charge on any atom is 0.418 e. The number of amides is 1. The Kier molecular flexibility index (Phi) is 4.07. The standard InChI is InChI=1S/C15H12F3NO3/c1-8-7-12(20)22-9(2)13(8)14(21)19-11-6-4-3-5-10(11)15(16,17)18/h3-7H,1-2H3,(H,19,21). The molecule has 0 saturated carbocycles. The monoisotopic (exact) mass is 311 g/mol. The minimum absolute atomic E-state index is 0.0385. The predicted octanol–water partition coefficient (Wildman–Crippen LogP) is 3.53. The van der Waals surface area contributed by atoms with Crippen molar-refractivity contribution < 1.29 is 22.4 Å². The zero-order valence-corrected chi connectivity index (χ0v) is 11.7. The molecule has 0 spiro atoms. The average Bonchev–Trinajstić information content (AvgIpc) is 2.36. The van der Waals surface area contributed by atoms with Crippen LogP contribution in [0.1, 0.15) is 27.2 Å². The summed E-state index contributed by atoms with van der Waals surface area (Å²) in [5, 5.41) is 2.21. The summed E-state index contributed by atoms with van der Waals surface area (Å²) in [5.41, 5.74) is -1.56. The summed E-state index contributed by atoms with van der Waals surface area (Å²) in [4.78, 5) is 23.4. The number of alkyl halides is 3. The van der Waals surface area contributed by atoms with Gasteiger partial charge in [0.1, 0.15) is 5.76 Å². The summed E-state index contributed by atoms with van der Waals surface area (Å²) in [7, 11) is 0. The third-order valence-electron chi connectivity index (χ3n) is 3.04. The van der Waals surface area contributed by atoms with E-state index in [0.29, 0.717) is 5.56 Å². The number of hydrogen-bond acceptors (Lipinski definition) is 3. The third-order valence-corrected chi connectivity index (χ3v) is 3.04. The van der Waals surface area contributed by atoms with Crippen molar-refractivity contribution in [2.45, 2.75) is 20.0 Å². The van der Waals surface area contributed by atoms with Crippen molar-refractivity contribution in [2.75, 3.05) is 5.32 Å². The van der Waals surface area contributed by atoms with Crippen LogP contribution in [0.4, 0.5) is 18.9 Å². The Bertz CT molecular complexity index is 752. The molecule has 22 heavy (non-hydrogen) atoms. The summed E-state index contributed by atoms with van der Waals surface area (Å²) in [6.45, 7) is 2.91. The van der Waals surface area contributed by atoms with E-state index in [2.05, 4.69) is 5.32 Å². The van der Waals surface area contributed by atoms with Crippen molar-refractivity contribution in [3.63, 3.8) is 0 Å². The normalized spacial score (nSPS) is 11.3. The van der Waals surface area contributed by atoms with Crippen molar-refractivity contribution in [3.8, 4) is 0 Å². The third kappa shape index (κ3) is 3.19. The molecular weight excluding hydrogens is 299 g/mol. The first-order chi connectivity index (χ1) is 10.2. The Balaban J connectivity index is 2.41. The molecule has 0 atom stereocenters. The highest BCUT2D eigenvalue weighted by Gasteiger charge is 2.33. The number of benzene rings is 1. The summed E-state index contributed by atoms with van der Waals surface area (Å²) >= 11 is 0. The minimum atomic E-state index is -4.59. The van der Waals surface area contributed by atoms with Gasteiger partial charge in [-0.25, -0.2) is 4.79 Å². The highest BCUT2D eigenvalue weighted by atomic mass is 19.4. The molecule has 2 rings (SSSR count). The molecule has 0 bridgehead atoms. The Morgan fingerprint density at radius 1 is 1.18 bits per heavy atom. The zero-order valence-electron chi connectivity index (χ0n) is 11.7. The molecule has 1 aromatic heterocycles. The molecule has 0 aliphatic rings. The van der Waals surface area contributed by atoms with Gasteiger partial charge in [-0.15, -0.1) is 0 Å². The second-order valence-electron chi connectivity index (χ2n) is 4.68. The Morgan fingerprint density at radius 3 is 2.41 bits per heavy atom. The number of aryl methyl sites for hydroxylation is 2. The first kappa shape index (κ1) is 15.8. The van der Waals surface area contributed by atoms with Crippen molar-refractivity contribution in [1.82, 2.24) is 0 Å². The zero-order chi connectivity index (χ0) is 16.5. The molecule has 2 aromatic rings. The summed E-state index contributed by atoms with van der Waals surface area (Å²) in [6, 6.07) is 5.76. The molecule has 0 saturated heterocycles. The average molecular weight is 311 g/mol. The van der Waals surface area contributed by atoms with Crippen LogP contribution in [0.3, 0.4) is 0 Å². The molecule has 1 amide bonds. The van der Waals surface area contributed by atoms with Crippen molar-refractivity contribution in [1.29, 1.82) is 0 Å². The lowest BCUT2D eigenvalue weighted by atomic mass is 10.1. The molecule has 0 aliphatic carbocycles. The Hall–Kier alpha value is -2.57. The number of carbonyl (C=O) groups excluding carboxylic acids is 1. The van der Waals surface area contributed by atoms with E-state index in [0.717, 1.165) is 18.2 Å². The second-order valence-corrected chi connectivity index (χ2v) is 4.68. The first-order valence-electron chi connectivity index (χ1n) is 6.29. The van der Waals surface area contributed by atoms with E-state index in [9.17, 15) is 22.8 Å².